The van der Waals surface area contributed by atoms with Crippen LogP contribution in [0.25, 0.3) is 0 Å². The predicted octanol–water partition coefficient (Wildman–Crippen LogP) is 2.77. The van der Waals surface area contributed by atoms with E-state index in [1.165, 1.54) is 4.31 Å². The van der Waals surface area contributed by atoms with Crippen molar-refractivity contribution < 1.29 is 13.2 Å². The van der Waals surface area contributed by atoms with Crippen molar-refractivity contribution in [2.75, 3.05) is 41.6 Å². The molecule has 1 aromatic carbocycles. The number of sulfonamides is 1. The minimum absolute atomic E-state index is 0.206. The van der Waals surface area contributed by atoms with Gasteiger partial charge in [0.2, 0.25) is 15.9 Å². The number of anilines is 2. The Morgan fingerprint density at radius 3 is 2.27 bits per heavy atom. The number of rotatable bonds is 10. The third-order valence-electron chi connectivity index (χ3n) is 4.31. The van der Waals surface area contributed by atoms with Gasteiger partial charge in [0.05, 0.1) is 11.9 Å². The third kappa shape index (κ3) is 6.52. The molecule has 0 radical (unpaired) electrons. The van der Waals surface area contributed by atoms with E-state index in [9.17, 15) is 13.2 Å². The van der Waals surface area contributed by atoms with Crippen molar-refractivity contribution in [3.63, 3.8) is 0 Å². The zero-order chi connectivity index (χ0) is 19.9. The van der Waals surface area contributed by atoms with Crippen LogP contribution >= 0.6 is 0 Å². The Labute approximate surface area is 158 Å². The Morgan fingerprint density at radius 2 is 1.81 bits per heavy atom. The number of nitrogens with zero attached hydrogens (tertiary/aromatic N) is 2. The quantitative estimate of drug-likeness (QED) is 0.674. The molecule has 26 heavy (non-hydrogen) atoms. The molecule has 1 N–H and O–H groups in total. The van der Waals surface area contributed by atoms with Crippen molar-refractivity contribution in [1.82, 2.24) is 5.32 Å². The van der Waals surface area contributed by atoms with Gasteiger partial charge >= 0.3 is 0 Å². The summed E-state index contributed by atoms with van der Waals surface area (Å²) in [6, 6.07) is 5.66. The zero-order valence-electron chi connectivity index (χ0n) is 16.9. The molecule has 1 aromatic rings. The van der Waals surface area contributed by atoms with Gasteiger partial charge in [0.25, 0.3) is 0 Å². The van der Waals surface area contributed by atoms with Crippen molar-refractivity contribution in [2.24, 2.45) is 5.92 Å². The topological polar surface area (TPSA) is 69.7 Å². The number of carbonyl (C=O) groups is 1. The van der Waals surface area contributed by atoms with Gasteiger partial charge in [0, 0.05) is 25.3 Å². The molecular weight excluding hydrogens is 350 g/mol. The van der Waals surface area contributed by atoms with Crippen molar-refractivity contribution in [2.45, 2.75) is 41.0 Å². The summed E-state index contributed by atoms with van der Waals surface area (Å²) in [7, 11) is -3.56. The fraction of sp³-hybridized carbons (Fsp3) is 0.632. The molecule has 1 amide bonds. The molecule has 0 fully saturated rings. The lowest BCUT2D eigenvalue weighted by Crippen LogP contribution is -2.41. The van der Waals surface area contributed by atoms with Crippen LogP contribution in [0.5, 0.6) is 0 Å². The van der Waals surface area contributed by atoms with Gasteiger partial charge in [-0.2, -0.15) is 0 Å². The second kappa shape index (κ2) is 9.80. The molecule has 1 rings (SSSR count). The summed E-state index contributed by atoms with van der Waals surface area (Å²) in [6.07, 6.45) is 1.99. The molecule has 148 valence electrons. The first-order valence-electron chi connectivity index (χ1n) is 9.20. The minimum Gasteiger partial charge on any atom is -0.372 e. The average molecular weight is 384 g/mol. The van der Waals surface area contributed by atoms with Crippen molar-refractivity contribution in [3.8, 4) is 0 Å². The molecule has 0 saturated carbocycles. The smallest absolute Gasteiger partial charge is 0.240 e. The lowest BCUT2D eigenvalue weighted by atomic mass is 10.1. The van der Waals surface area contributed by atoms with Gasteiger partial charge < -0.3 is 10.2 Å². The van der Waals surface area contributed by atoms with E-state index < -0.39 is 10.0 Å². The van der Waals surface area contributed by atoms with Crippen LogP contribution in [0, 0.1) is 12.8 Å². The molecule has 0 unspecified atom stereocenters. The number of hydrogen-bond acceptors (Lipinski definition) is 4. The van der Waals surface area contributed by atoms with Crippen molar-refractivity contribution in [3.05, 3.63) is 23.8 Å². The summed E-state index contributed by atoms with van der Waals surface area (Å²) in [5.74, 6) is 0.194. The first-order chi connectivity index (χ1) is 12.1. The number of aryl methyl sites for hydroxylation is 1. The number of hydrogen-bond donors (Lipinski definition) is 1. The normalized spacial score (nSPS) is 11.5. The van der Waals surface area contributed by atoms with Gasteiger partial charge in [-0.15, -0.1) is 0 Å². The predicted molar refractivity (Wildman–Crippen MR) is 109 cm³/mol. The van der Waals surface area contributed by atoms with E-state index >= 15 is 0 Å². The van der Waals surface area contributed by atoms with Crippen LogP contribution in [0.1, 0.15) is 39.7 Å². The Hall–Kier alpha value is -1.76. The highest BCUT2D eigenvalue weighted by Gasteiger charge is 2.22. The first-order valence-corrected chi connectivity index (χ1v) is 11.0. The molecule has 0 atom stereocenters. The Balaban J connectivity index is 3.02. The van der Waals surface area contributed by atoms with Crippen LogP contribution in [-0.2, 0) is 14.8 Å². The van der Waals surface area contributed by atoms with E-state index in [0.29, 0.717) is 18.2 Å². The van der Waals surface area contributed by atoms with Crippen LogP contribution in [-0.4, -0.2) is 46.8 Å². The standard InChI is InChI=1S/C19H33N3O3S/c1-7-21(8-2)17-9-10-18(16(5)13-17)22(26(6,24)25)14-19(23)20-12-11-15(3)4/h9-10,13,15H,7-8,11-12,14H2,1-6H3,(H,20,23). The molecule has 0 aliphatic carbocycles. The highest BCUT2D eigenvalue weighted by Crippen LogP contribution is 2.27. The number of nitrogens with one attached hydrogen (secondary N) is 1. The van der Waals surface area contributed by atoms with Gasteiger partial charge in [-0.3, -0.25) is 9.10 Å². The van der Waals surface area contributed by atoms with E-state index in [1.807, 2.05) is 19.1 Å². The summed E-state index contributed by atoms with van der Waals surface area (Å²) < 4.78 is 25.7. The van der Waals surface area contributed by atoms with E-state index in [2.05, 4.69) is 37.9 Å². The molecule has 0 aliphatic rings. The lowest BCUT2D eigenvalue weighted by Gasteiger charge is -2.26. The number of amides is 1. The summed E-state index contributed by atoms with van der Waals surface area (Å²) in [4.78, 5) is 14.4. The third-order valence-corrected chi connectivity index (χ3v) is 5.44. The highest BCUT2D eigenvalue weighted by atomic mass is 32.2. The van der Waals surface area contributed by atoms with E-state index in [4.69, 9.17) is 0 Å². The summed E-state index contributed by atoms with van der Waals surface area (Å²) >= 11 is 0. The molecule has 0 saturated heterocycles. The van der Waals surface area contributed by atoms with Gasteiger partial charge in [-0.25, -0.2) is 8.42 Å². The first kappa shape index (κ1) is 22.3. The largest absolute Gasteiger partial charge is 0.372 e. The monoisotopic (exact) mass is 383 g/mol. The average Bonchev–Trinajstić information content (AvgIpc) is 2.53. The molecule has 6 nitrogen and oxygen atoms in total. The van der Waals surface area contributed by atoms with Crippen LogP contribution in [0.4, 0.5) is 11.4 Å². The molecule has 7 heteroatoms. The van der Waals surface area contributed by atoms with E-state index in [0.717, 1.165) is 37.0 Å². The van der Waals surface area contributed by atoms with Crippen LogP contribution in [0.2, 0.25) is 0 Å². The van der Waals surface area contributed by atoms with Gasteiger partial charge in [0.15, 0.2) is 0 Å². The molecule has 0 aliphatic heterocycles. The second-order valence-corrected chi connectivity index (χ2v) is 8.85. The van der Waals surface area contributed by atoms with E-state index in [1.54, 1.807) is 6.07 Å². The molecule has 0 bridgehead atoms. The minimum atomic E-state index is -3.56. The van der Waals surface area contributed by atoms with E-state index in [-0.39, 0.29) is 12.5 Å². The maximum absolute atomic E-state index is 12.3. The molecule has 0 spiro atoms. The summed E-state index contributed by atoms with van der Waals surface area (Å²) in [5.41, 5.74) is 2.42. The molecule has 0 aromatic heterocycles. The SMILES string of the molecule is CCN(CC)c1ccc(N(CC(=O)NCCC(C)C)S(C)(=O)=O)c(C)c1. The molecular formula is C19H33N3O3S. The van der Waals surface area contributed by atoms with Crippen LogP contribution in [0.3, 0.4) is 0 Å². The van der Waals surface area contributed by atoms with Crippen molar-refractivity contribution >= 4 is 27.3 Å². The van der Waals surface area contributed by atoms with Crippen LogP contribution < -0.4 is 14.5 Å². The maximum atomic E-state index is 12.3. The zero-order valence-corrected chi connectivity index (χ0v) is 17.7. The van der Waals surface area contributed by atoms with Gasteiger partial charge in [0.1, 0.15) is 6.54 Å². The van der Waals surface area contributed by atoms with Crippen LogP contribution in [0.15, 0.2) is 18.2 Å². The van der Waals surface area contributed by atoms with Crippen molar-refractivity contribution in [1.29, 1.82) is 0 Å². The Morgan fingerprint density at radius 1 is 1.19 bits per heavy atom. The Kier molecular flexibility index (Phi) is 8.40. The number of benzene rings is 1. The van der Waals surface area contributed by atoms with Gasteiger partial charge in [-0.05, 0) is 56.9 Å². The molecule has 0 heterocycles. The highest BCUT2D eigenvalue weighted by molar-refractivity contribution is 7.92. The lowest BCUT2D eigenvalue weighted by molar-refractivity contribution is -0.119. The second-order valence-electron chi connectivity index (χ2n) is 6.95. The summed E-state index contributed by atoms with van der Waals surface area (Å²) in [5, 5.41) is 2.80. The Bertz CT molecular complexity index is 698. The van der Waals surface area contributed by atoms with Gasteiger partial charge in [-0.1, -0.05) is 13.8 Å². The fourth-order valence-corrected chi connectivity index (χ4v) is 3.69. The fourth-order valence-electron chi connectivity index (χ4n) is 2.77. The summed E-state index contributed by atoms with van der Waals surface area (Å²) in [6.45, 7) is 12.3. The number of carbonyl (C=O) groups excluding carboxylic acids is 1. The maximum Gasteiger partial charge on any atom is 0.240 e.